The molecule has 212 valence electrons. The molecule has 3 aromatic rings. The first-order valence-electron chi connectivity index (χ1n) is 15.3. The Labute approximate surface area is 236 Å². The molecule has 6 rings (SSSR count). The number of carbonyl (C=O) groups excluding carboxylic acids is 1. The number of rotatable bonds is 7. The van der Waals surface area contributed by atoms with Gasteiger partial charge in [-0.2, -0.15) is 0 Å². The van der Waals surface area contributed by atoms with E-state index in [-0.39, 0.29) is 17.4 Å². The highest BCUT2D eigenvalue weighted by molar-refractivity contribution is 5.81. The first-order chi connectivity index (χ1) is 19.6. The molecule has 40 heavy (non-hydrogen) atoms. The average Bonchev–Trinajstić information content (AvgIpc) is 3.21. The number of nitrogens with zero attached hydrogens (tertiary/aromatic N) is 3. The number of aromatic nitrogens is 2. The van der Waals surface area contributed by atoms with Gasteiger partial charge in [0.05, 0.1) is 18.1 Å². The summed E-state index contributed by atoms with van der Waals surface area (Å²) in [7, 11) is 1.38. The quantitative estimate of drug-likeness (QED) is 0.376. The third-order valence-corrected chi connectivity index (χ3v) is 9.50. The normalized spacial score (nSPS) is 24.8. The molecule has 3 fully saturated rings. The third-order valence-electron chi connectivity index (χ3n) is 9.50. The van der Waals surface area contributed by atoms with E-state index in [2.05, 4.69) is 10.2 Å². The van der Waals surface area contributed by atoms with Gasteiger partial charge in [-0.05, 0) is 56.2 Å². The number of benzene rings is 2. The van der Waals surface area contributed by atoms with Crippen LogP contribution < -0.4 is 10.9 Å². The number of nitrogens with one attached hydrogen (secondary N) is 1. The van der Waals surface area contributed by atoms with Gasteiger partial charge in [0.1, 0.15) is 6.04 Å². The van der Waals surface area contributed by atoms with Crippen LogP contribution >= 0.6 is 0 Å². The molecule has 3 unspecified atom stereocenters. The first kappa shape index (κ1) is 27.0. The van der Waals surface area contributed by atoms with Crippen LogP contribution in [0.25, 0.3) is 11.0 Å². The van der Waals surface area contributed by atoms with Crippen molar-refractivity contribution in [2.24, 2.45) is 0 Å². The van der Waals surface area contributed by atoms with Gasteiger partial charge in [0.15, 0.2) is 5.82 Å². The smallest absolute Gasteiger partial charge is 0.328 e. The number of fused-ring (bicyclic) bond motifs is 3. The molecule has 1 N–H and O–H groups in total. The highest BCUT2D eigenvalue weighted by Gasteiger charge is 2.44. The van der Waals surface area contributed by atoms with Gasteiger partial charge in [0.2, 0.25) is 0 Å². The van der Waals surface area contributed by atoms with Gasteiger partial charge in [0, 0.05) is 30.6 Å². The van der Waals surface area contributed by atoms with E-state index in [0.717, 1.165) is 29.4 Å². The van der Waals surface area contributed by atoms with Gasteiger partial charge < -0.3 is 14.6 Å². The van der Waals surface area contributed by atoms with Gasteiger partial charge in [-0.15, -0.1) is 0 Å². The lowest BCUT2D eigenvalue weighted by molar-refractivity contribution is -0.141. The summed E-state index contributed by atoms with van der Waals surface area (Å²) in [6, 6.07) is 18.9. The van der Waals surface area contributed by atoms with Gasteiger partial charge in [0.25, 0.3) is 5.56 Å². The SMILES string of the molecule is COC(=O)C(Cc1ccccc1)Nc1nc2ccccc2n(C2CC3CC[C@@H](C2)N3C2CCCCCCC2)c1=O. The molecule has 1 saturated carbocycles. The Kier molecular flexibility index (Phi) is 8.19. The predicted octanol–water partition coefficient (Wildman–Crippen LogP) is 5.87. The Hall–Kier alpha value is -3.19. The zero-order chi connectivity index (χ0) is 27.5. The molecule has 4 atom stereocenters. The highest BCUT2D eigenvalue weighted by atomic mass is 16.5. The molecule has 7 nitrogen and oxygen atoms in total. The molecule has 0 radical (unpaired) electrons. The molecule has 7 heteroatoms. The van der Waals surface area contributed by atoms with E-state index in [4.69, 9.17) is 9.72 Å². The average molecular weight is 543 g/mol. The van der Waals surface area contributed by atoms with Crippen LogP contribution in [-0.4, -0.2) is 51.7 Å². The largest absolute Gasteiger partial charge is 0.467 e. The molecule has 1 aromatic heterocycles. The van der Waals surface area contributed by atoms with E-state index >= 15 is 0 Å². The number of anilines is 1. The Balaban J connectivity index is 1.30. The molecule has 2 aliphatic heterocycles. The first-order valence-corrected chi connectivity index (χ1v) is 15.3. The summed E-state index contributed by atoms with van der Waals surface area (Å²) in [5.41, 5.74) is 2.48. The second kappa shape index (κ2) is 12.1. The van der Waals surface area contributed by atoms with E-state index in [0.29, 0.717) is 24.5 Å². The van der Waals surface area contributed by atoms with Crippen LogP contribution in [0.4, 0.5) is 5.82 Å². The van der Waals surface area contributed by atoms with E-state index in [1.54, 1.807) is 0 Å². The summed E-state index contributed by atoms with van der Waals surface area (Å²) in [5.74, 6) is -0.185. The van der Waals surface area contributed by atoms with Crippen molar-refractivity contribution in [3.8, 4) is 0 Å². The van der Waals surface area contributed by atoms with E-state index < -0.39 is 12.0 Å². The predicted molar refractivity (Wildman–Crippen MR) is 159 cm³/mol. The summed E-state index contributed by atoms with van der Waals surface area (Å²) >= 11 is 0. The van der Waals surface area contributed by atoms with Gasteiger partial charge in [-0.1, -0.05) is 74.6 Å². The fraction of sp³-hybridized carbons (Fsp3) is 0.545. The number of piperidine rings is 1. The zero-order valence-electron chi connectivity index (χ0n) is 23.6. The van der Waals surface area contributed by atoms with E-state index in [1.807, 2.05) is 59.2 Å². The minimum absolute atomic E-state index is 0.119. The van der Waals surface area contributed by atoms with Crippen LogP contribution in [0.2, 0.25) is 0 Å². The Morgan fingerprint density at radius 2 is 1.52 bits per heavy atom. The molecule has 3 aliphatic rings. The molecular weight excluding hydrogens is 500 g/mol. The van der Waals surface area contributed by atoms with E-state index in [9.17, 15) is 9.59 Å². The maximum Gasteiger partial charge on any atom is 0.328 e. The third kappa shape index (κ3) is 5.53. The van der Waals surface area contributed by atoms with Crippen LogP contribution in [0.5, 0.6) is 0 Å². The Morgan fingerprint density at radius 3 is 2.23 bits per heavy atom. The van der Waals surface area contributed by atoms with Crippen LogP contribution in [0, 0.1) is 0 Å². The minimum atomic E-state index is -0.709. The van der Waals surface area contributed by atoms with Crippen LogP contribution in [-0.2, 0) is 16.0 Å². The molecule has 1 aliphatic carbocycles. The van der Waals surface area contributed by atoms with Crippen LogP contribution in [0.15, 0.2) is 59.4 Å². The number of carbonyl (C=O) groups is 1. The lowest BCUT2D eigenvalue weighted by Crippen LogP contribution is -2.50. The topological polar surface area (TPSA) is 76.5 Å². The summed E-state index contributed by atoms with van der Waals surface area (Å²) < 4.78 is 7.10. The van der Waals surface area contributed by atoms with Crippen molar-refractivity contribution in [3.63, 3.8) is 0 Å². The Bertz CT molecular complexity index is 1350. The van der Waals surface area contributed by atoms with Crippen molar-refractivity contribution in [3.05, 3.63) is 70.5 Å². The monoisotopic (exact) mass is 542 g/mol. The van der Waals surface area contributed by atoms with Crippen LogP contribution in [0.3, 0.4) is 0 Å². The second-order valence-corrected chi connectivity index (χ2v) is 12.0. The molecule has 2 saturated heterocycles. The molecule has 2 bridgehead atoms. The minimum Gasteiger partial charge on any atom is -0.467 e. The highest BCUT2D eigenvalue weighted by Crippen LogP contribution is 2.44. The van der Waals surface area contributed by atoms with E-state index in [1.165, 1.54) is 64.9 Å². The van der Waals surface area contributed by atoms with Crippen molar-refractivity contribution in [2.45, 2.75) is 107 Å². The molecular formula is C33H42N4O3. The Morgan fingerprint density at radius 1 is 0.875 bits per heavy atom. The summed E-state index contributed by atoms with van der Waals surface area (Å²) in [5, 5.41) is 3.20. The molecule has 0 amide bonds. The van der Waals surface area contributed by atoms with Crippen LogP contribution in [0.1, 0.15) is 82.2 Å². The lowest BCUT2D eigenvalue weighted by atomic mass is 9.89. The second-order valence-electron chi connectivity index (χ2n) is 12.0. The summed E-state index contributed by atoms with van der Waals surface area (Å²) in [6.07, 6.45) is 14.3. The van der Waals surface area contributed by atoms with Crippen molar-refractivity contribution in [1.82, 2.24) is 14.5 Å². The number of esters is 1. The standard InChI is InChI=1S/C33H42N4O3/c1-40-33(39)29(20-23-12-6-5-7-13-23)35-31-32(38)37(30-17-11-10-16-28(30)34-31)27-21-25-18-19-26(22-27)36(25)24-14-8-3-2-4-9-15-24/h5-7,10-13,16-17,24-27,29H,2-4,8-9,14-15,18-22H2,1H3,(H,34,35)/t25-,26?,27?,29?/m0/s1. The number of para-hydroxylation sites is 2. The fourth-order valence-corrected chi connectivity index (χ4v) is 7.69. The molecule has 3 heterocycles. The molecule has 0 spiro atoms. The number of hydrogen-bond donors (Lipinski definition) is 1. The fourth-order valence-electron chi connectivity index (χ4n) is 7.69. The van der Waals surface area contributed by atoms with Crippen molar-refractivity contribution in [1.29, 1.82) is 0 Å². The number of methoxy groups -OCH3 is 1. The van der Waals surface area contributed by atoms with Crippen molar-refractivity contribution < 1.29 is 9.53 Å². The van der Waals surface area contributed by atoms with Gasteiger partial charge in [-0.25, -0.2) is 9.78 Å². The summed E-state index contributed by atoms with van der Waals surface area (Å²) in [4.78, 5) is 34.5. The van der Waals surface area contributed by atoms with Gasteiger partial charge in [-0.3, -0.25) is 9.69 Å². The van der Waals surface area contributed by atoms with Crippen molar-refractivity contribution >= 4 is 22.8 Å². The van der Waals surface area contributed by atoms with Gasteiger partial charge >= 0.3 is 5.97 Å². The maximum atomic E-state index is 14.2. The number of hydrogen-bond acceptors (Lipinski definition) is 6. The van der Waals surface area contributed by atoms with Crippen molar-refractivity contribution in [2.75, 3.05) is 12.4 Å². The maximum absolute atomic E-state index is 14.2. The zero-order valence-corrected chi connectivity index (χ0v) is 23.6. The summed E-state index contributed by atoms with van der Waals surface area (Å²) in [6.45, 7) is 0. The molecule has 2 aromatic carbocycles. The number of ether oxygens (including phenoxy) is 1. The lowest BCUT2D eigenvalue weighted by Gasteiger charge is -2.45.